The van der Waals surface area contributed by atoms with Crippen LogP contribution in [0.15, 0.2) is 29.2 Å². The van der Waals surface area contributed by atoms with E-state index < -0.39 is 0 Å². The summed E-state index contributed by atoms with van der Waals surface area (Å²) < 4.78 is 0. The van der Waals surface area contributed by atoms with Gasteiger partial charge in [0.15, 0.2) is 0 Å². The highest BCUT2D eigenvalue weighted by atomic mass is 35.5. The molecule has 0 saturated heterocycles. The minimum atomic E-state index is -0.0862. The number of benzene rings is 1. The molecule has 15 heavy (non-hydrogen) atoms. The van der Waals surface area contributed by atoms with Crippen molar-refractivity contribution in [1.82, 2.24) is 4.98 Å². The number of hydrogen-bond acceptors (Lipinski definition) is 1. The van der Waals surface area contributed by atoms with Crippen molar-refractivity contribution in [2.45, 2.75) is 19.8 Å². The van der Waals surface area contributed by atoms with Crippen LogP contribution in [0.25, 0.3) is 10.8 Å². The third kappa shape index (κ3) is 1.77. The van der Waals surface area contributed by atoms with Gasteiger partial charge in [0.2, 0.25) is 0 Å². The number of fused-ring (bicyclic) bond motifs is 1. The van der Waals surface area contributed by atoms with E-state index in [0.717, 1.165) is 10.9 Å². The Kier molecular flexibility index (Phi) is 2.53. The summed E-state index contributed by atoms with van der Waals surface area (Å²) in [6.45, 7) is 4.20. The molecule has 0 amide bonds. The van der Waals surface area contributed by atoms with Crippen molar-refractivity contribution in [2.75, 3.05) is 0 Å². The first-order valence-corrected chi connectivity index (χ1v) is 5.28. The molecule has 78 valence electrons. The van der Waals surface area contributed by atoms with Crippen LogP contribution < -0.4 is 5.56 Å². The summed E-state index contributed by atoms with van der Waals surface area (Å²) in [6, 6.07) is 5.43. The van der Waals surface area contributed by atoms with Crippen LogP contribution in [-0.4, -0.2) is 4.98 Å². The van der Waals surface area contributed by atoms with Gasteiger partial charge in [0, 0.05) is 16.6 Å². The van der Waals surface area contributed by atoms with E-state index >= 15 is 0 Å². The summed E-state index contributed by atoms with van der Waals surface area (Å²) in [6.07, 6.45) is 1.78. The standard InChI is InChI=1S/C12H12ClNO/c1-7(2)11-6-14-12(15)10-5-8(13)3-4-9(10)11/h3-7H,1-2H3,(H,14,15). The molecule has 0 aliphatic heterocycles. The molecule has 2 rings (SSSR count). The molecule has 0 saturated carbocycles. The second-order valence-electron chi connectivity index (χ2n) is 3.92. The number of aromatic nitrogens is 1. The summed E-state index contributed by atoms with van der Waals surface area (Å²) in [5.41, 5.74) is 1.05. The monoisotopic (exact) mass is 221 g/mol. The van der Waals surface area contributed by atoms with E-state index in [1.807, 2.05) is 12.1 Å². The van der Waals surface area contributed by atoms with Gasteiger partial charge < -0.3 is 4.98 Å². The maximum atomic E-state index is 11.6. The van der Waals surface area contributed by atoms with Crippen molar-refractivity contribution in [3.63, 3.8) is 0 Å². The lowest BCUT2D eigenvalue weighted by Gasteiger charge is -2.08. The van der Waals surface area contributed by atoms with Crippen molar-refractivity contribution >= 4 is 22.4 Å². The summed E-state index contributed by atoms with van der Waals surface area (Å²) in [7, 11) is 0. The Bertz CT molecular complexity index is 557. The highest BCUT2D eigenvalue weighted by Crippen LogP contribution is 2.24. The molecule has 0 spiro atoms. The zero-order valence-corrected chi connectivity index (χ0v) is 9.43. The highest BCUT2D eigenvalue weighted by molar-refractivity contribution is 6.31. The van der Waals surface area contributed by atoms with Gasteiger partial charge >= 0.3 is 0 Å². The van der Waals surface area contributed by atoms with E-state index in [0.29, 0.717) is 16.3 Å². The molecule has 0 aliphatic carbocycles. The average Bonchev–Trinajstić information content (AvgIpc) is 2.19. The molecule has 2 aromatic rings. The normalized spacial score (nSPS) is 11.2. The summed E-state index contributed by atoms with van der Waals surface area (Å²) in [4.78, 5) is 14.3. The second kappa shape index (κ2) is 3.70. The fourth-order valence-electron chi connectivity index (χ4n) is 1.73. The quantitative estimate of drug-likeness (QED) is 0.788. The number of pyridine rings is 1. The van der Waals surface area contributed by atoms with Gasteiger partial charge in [0.25, 0.3) is 5.56 Å². The van der Waals surface area contributed by atoms with E-state index in [-0.39, 0.29) is 5.56 Å². The fourth-order valence-corrected chi connectivity index (χ4v) is 1.90. The molecule has 0 atom stereocenters. The highest BCUT2D eigenvalue weighted by Gasteiger charge is 2.07. The van der Waals surface area contributed by atoms with Gasteiger partial charge in [-0.1, -0.05) is 31.5 Å². The Hall–Kier alpha value is -1.28. The van der Waals surface area contributed by atoms with Gasteiger partial charge in [0.05, 0.1) is 0 Å². The van der Waals surface area contributed by atoms with Gasteiger partial charge in [0.1, 0.15) is 0 Å². The first-order valence-electron chi connectivity index (χ1n) is 4.90. The summed E-state index contributed by atoms with van der Waals surface area (Å²) in [5, 5.41) is 2.24. The molecule has 0 bridgehead atoms. The molecule has 0 unspecified atom stereocenters. The Labute approximate surface area is 92.9 Å². The number of aromatic amines is 1. The Morgan fingerprint density at radius 2 is 2.00 bits per heavy atom. The number of halogens is 1. The first-order chi connectivity index (χ1) is 7.09. The van der Waals surface area contributed by atoms with Crippen molar-refractivity contribution in [3.05, 3.63) is 45.3 Å². The van der Waals surface area contributed by atoms with Gasteiger partial charge in [-0.25, -0.2) is 0 Å². The topological polar surface area (TPSA) is 32.9 Å². The van der Waals surface area contributed by atoms with Crippen LogP contribution in [0.5, 0.6) is 0 Å². The second-order valence-corrected chi connectivity index (χ2v) is 4.35. The largest absolute Gasteiger partial charge is 0.328 e. The molecule has 1 N–H and O–H groups in total. The van der Waals surface area contributed by atoms with E-state index in [1.165, 1.54) is 0 Å². The Balaban J connectivity index is 2.89. The average molecular weight is 222 g/mol. The molecule has 1 heterocycles. The third-order valence-corrected chi connectivity index (χ3v) is 2.75. The Morgan fingerprint density at radius 3 is 2.67 bits per heavy atom. The number of rotatable bonds is 1. The van der Waals surface area contributed by atoms with Crippen LogP contribution in [0.3, 0.4) is 0 Å². The fraction of sp³-hybridized carbons (Fsp3) is 0.250. The maximum absolute atomic E-state index is 11.6. The lowest BCUT2D eigenvalue weighted by Crippen LogP contribution is -2.07. The van der Waals surface area contributed by atoms with Crippen molar-refractivity contribution in [1.29, 1.82) is 0 Å². The molecule has 0 aliphatic rings. The number of nitrogens with one attached hydrogen (secondary N) is 1. The summed E-state index contributed by atoms with van der Waals surface area (Å²) >= 11 is 5.87. The van der Waals surface area contributed by atoms with E-state index in [1.54, 1.807) is 12.3 Å². The predicted molar refractivity (Wildman–Crippen MR) is 63.7 cm³/mol. The maximum Gasteiger partial charge on any atom is 0.255 e. The van der Waals surface area contributed by atoms with Gasteiger partial charge in [-0.15, -0.1) is 0 Å². The first kappa shape index (κ1) is 10.2. The minimum absolute atomic E-state index is 0.0862. The van der Waals surface area contributed by atoms with Crippen LogP contribution in [0.1, 0.15) is 25.3 Å². The smallest absolute Gasteiger partial charge is 0.255 e. The van der Waals surface area contributed by atoms with Crippen LogP contribution in [0.2, 0.25) is 5.02 Å². The van der Waals surface area contributed by atoms with Crippen LogP contribution >= 0.6 is 11.6 Å². The lowest BCUT2D eigenvalue weighted by molar-refractivity contribution is 0.867. The van der Waals surface area contributed by atoms with Crippen LogP contribution in [-0.2, 0) is 0 Å². The van der Waals surface area contributed by atoms with Crippen molar-refractivity contribution < 1.29 is 0 Å². The molecule has 0 fully saturated rings. The predicted octanol–water partition coefficient (Wildman–Crippen LogP) is 3.30. The van der Waals surface area contributed by atoms with E-state index in [9.17, 15) is 4.79 Å². The molecular weight excluding hydrogens is 210 g/mol. The third-order valence-electron chi connectivity index (χ3n) is 2.52. The lowest BCUT2D eigenvalue weighted by atomic mass is 9.99. The van der Waals surface area contributed by atoms with Gasteiger partial charge in [-0.3, -0.25) is 4.79 Å². The minimum Gasteiger partial charge on any atom is -0.328 e. The van der Waals surface area contributed by atoms with Crippen molar-refractivity contribution in [2.24, 2.45) is 0 Å². The molecular formula is C12H12ClNO. The van der Waals surface area contributed by atoms with Crippen molar-refractivity contribution in [3.8, 4) is 0 Å². The molecule has 2 nitrogen and oxygen atoms in total. The number of hydrogen-bond donors (Lipinski definition) is 1. The SMILES string of the molecule is CC(C)c1c[nH]c(=O)c2cc(Cl)ccc12. The summed E-state index contributed by atoms with van der Waals surface area (Å²) in [5.74, 6) is 0.380. The van der Waals surface area contributed by atoms with Crippen LogP contribution in [0.4, 0.5) is 0 Å². The van der Waals surface area contributed by atoms with E-state index in [4.69, 9.17) is 11.6 Å². The molecule has 1 aromatic carbocycles. The van der Waals surface area contributed by atoms with Crippen LogP contribution in [0, 0.1) is 0 Å². The van der Waals surface area contributed by atoms with Gasteiger partial charge in [-0.2, -0.15) is 0 Å². The molecule has 3 heteroatoms. The van der Waals surface area contributed by atoms with Gasteiger partial charge in [-0.05, 0) is 29.0 Å². The number of H-pyrrole nitrogens is 1. The zero-order valence-electron chi connectivity index (χ0n) is 8.67. The molecule has 1 aromatic heterocycles. The molecule has 0 radical (unpaired) electrons. The van der Waals surface area contributed by atoms with E-state index in [2.05, 4.69) is 18.8 Å². The Morgan fingerprint density at radius 1 is 1.27 bits per heavy atom. The zero-order chi connectivity index (χ0) is 11.0.